The van der Waals surface area contributed by atoms with Gasteiger partial charge in [0.2, 0.25) is 0 Å². The van der Waals surface area contributed by atoms with Crippen molar-refractivity contribution in [2.75, 3.05) is 12.5 Å². The molecule has 1 aromatic rings. The number of alkyl halides is 1. The number of halogens is 1. The number of hydrogen-bond acceptors (Lipinski definition) is 2. The Hall–Kier alpha value is -0.800. The maximum atomic E-state index is 11.8. The molecule has 1 aliphatic heterocycles. The fourth-order valence-electron chi connectivity index (χ4n) is 3.11. The lowest BCUT2D eigenvalue weighted by Gasteiger charge is -2.37. The van der Waals surface area contributed by atoms with Crippen molar-refractivity contribution < 1.29 is 9.53 Å². The van der Waals surface area contributed by atoms with Crippen LogP contribution >= 0.6 is 11.6 Å². The van der Waals surface area contributed by atoms with Gasteiger partial charge in [-0.25, -0.2) is 0 Å². The minimum absolute atomic E-state index is 0.00679. The van der Waals surface area contributed by atoms with Gasteiger partial charge in [-0.15, -0.1) is 11.6 Å². The molecule has 1 aromatic heterocycles. The zero-order valence-corrected chi connectivity index (χ0v) is 12.9. The summed E-state index contributed by atoms with van der Waals surface area (Å²) in [5.41, 5.74) is 2.83. The van der Waals surface area contributed by atoms with Crippen LogP contribution in [0.25, 0.3) is 0 Å². The van der Waals surface area contributed by atoms with Gasteiger partial charge in [0.05, 0.1) is 11.5 Å². The van der Waals surface area contributed by atoms with E-state index >= 15 is 0 Å². The second-order valence-electron chi connectivity index (χ2n) is 5.97. The van der Waals surface area contributed by atoms with Crippen LogP contribution in [0.2, 0.25) is 0 Å². The SMILES string of the molecule is Cc1cc(C(=O)CCl)c(C)n1C1CCOC(C)(C)C1. The van der Waals surface area contributed by atoms with Crippen LogP contribution in [0, 0.1) is 13.8 Å². The average Bonchev–Trinajstić information content (AvgIpc) is 2.62. The van der Waals surface area contributed by atoms with Gasteiger partial charge in [-0.05, 0) is 46.6 Å². The van der Waals surface area contributed by atoms with E-state index in [0.717, 1.165) is 36.4 Å². The quantitative estimate of drug-likeness (QED) is 0.626. The topological polar surface area (TPSA) is 31.2 Å². The molecule has 0 aromatic carbocycles. The smallest absolute Gasteiger partial charge is 0.179 e. The Labute approximate surface area is 119 Å². The highest BCUT2D eigenvalue weighted by molar-refractivity contribution is 6.30. The number of carbonyl (C=O) groups is 1. The second kappa shape index (κ2) is 5.29. The largest absolute Gasteiger partial charge is 0.375 e. The third kappa shape index (κ3) is 2.87. The maximum absolute atomic E-state index is 11.8. The Balaban J connectivity index is 2.35. The van der Waals surface area contributed by atoms with Crippen LogP contribution in [-0.4, -0.2) is 28.4 Å². The van der Waals surface area contributed by atoms with Gasteiger partial charge in [-0.2, -0.15) is 0 Å². The molecular weight excluding hydrogens is 262 g/mol. The molecule has 106 valence electrons. The Morgan fingerprint density at radius 3 is 2.79 bits per heavy atom. The number of ether oxygens (including phenoxy) is 1. The number of aromatic nitrogens is 1. The van der Waals surface area contributed by atoms with Gasteiger partial charge < -0.3 is 9.30 Å². The van der Waals surface area contributed by atoms with E-state index in [1.54, 1.807) is 0 Å². The first-order chi connectivity index (χ1) is 8.85. The van der Waals surface area contributed by atoms with Crippen molar-refractivity contribution in [2.24, 2.45) is 0 Å². The predicted octanol–water partition coefficient (Wildman–Crippen LogP) is 3.66. The molecule has 0 N–H and O–H groups in total. The molecule has 0 radical (unpaired) electrons. The molecule has 19 heavy (non-hydrogen) atoms. The average molecular weight is 284 g/mol. The molecule has 1 unspecified atom stereocenters. The molecule has 0 spiro atoms. The van der Waals surface area contributed by atoms with Crippen molar-refractivity contribution in [2.45, 2.75) is 52.2 Å². The minimum atomic E-state index is -0.0945. The zero-order chi connectivity index (χ0) is 14.2. The van der Waals surface area contributed by atoms with E-state index < -0.39 is 0 Å². The van der Waals surface area contributed by atoms with E-state index in [1.807, 2.05) is 13.0 Å². The molecule has 0 saturated carbocycles. The van der Waals surface area contributed by atoms with Crippen LogP contribution in [0.1, 0.15) is 54.5 Å². The second-order valence-corrected chi connectivity index (χ2v) is 6.23. The van der Waals surface area contributed by atoms with Gasteiger partial charge in [0.1, 0.15) is 0 Å². The molecule has 1 saturated heterocycles. The van der Waals surface area contributed by atoms with Crippen molar-refractivity contribution in [3.8, 4) is 0 Å². The summed E-state index contributed by atoms with van der Waals surface area (Å²) in [6.45, 7) is 9.08. The highest BCUT2D eigenvalue weighted by Gasteiger charge is 2.31. The molecule has 1 aliphatic rings. The lowest BCUT2D eigenvalue weighted by Crippen LogP contribution is -2.35. The van der Waals surface area contributed by atoms with Crippen molar-refractivity contribution >= 4 is 17.4 Å². The molecule has 2 heterocycles. The number of rotatable bonds is 3. The fourth-order valence-corrected chi connectivity index (χ4v) is 3.26. The third-order valence-electron chi connectivity index (χ3n) is 3.94. The first kappa shape index (κ1) is 14.6. The summed E-state index contributed by atoms with van der Waals surface area (Å²) in [5, 5.41) is 0. The fraction of sp³-hybridized carbons (Fsp3) is 0.667. The highest BCUT2D eigenvalue weighted by Crippen LogP contribution is 2.34. The lowest BCUT2D eigenvalue weighted by molar-refractivity contribution is -0.0694. The minimum Gasteiger partial charge on any atom is -0.375 e. The Morgan fingerprint density at radius 2 is 2.21 bits per heavy atom. The summed E-state index contributed by atoms with van der Waals surface area (Å²) in [4.78, 5) is 11.8. The van der Waals surface area contributed by atoms with Crippen LogP contribution in [0.5, 0.6) is 0 Å². The number of hydrogen-bond donors (Lipinski definition) is 0. The summed E-state index contributed by atoms with van der Waals surface area (Å²) in [6, 6.07) is 2.36. The number of carbonyl (C=O) groups excluding carboxylic acids is 1. The van der Waals surface area contributed by atoms with Gasteiger partial charge in [-0.3, -0.25) is 4.79 Å². The van der Waals surface area contributed by atoms with E-state index in [-0.39, 0.29) is 17.3 Å². The Morgan fingerprint density at radius 1 is 1.53 bits per heavy atom. The Kier molecular flexibility index (Phi) is 4.07. The molecule has 4 heteroatoms. The van der Waals surface area contributed by atoms with Gasteiger partial charge >= 0.3 is 0 Å². The van der Waals surface area contributed by atoms with Crippen molar-refractivity contribution in [3.63, 3.8) is 0 Å². The molecule has 1 fully saturated rings. The van der Waals surface area contributed by atoms with E-state index in [9.17, 15) is 4.79 Å². The highest BCUT2D eigenvalue weighted by atomic mass is 35.5. The summed E-state index contributed by atoms with van der Waals surface area (Å²) >= 11 is 5.67. The molecule has 0 bridgehead atoms. The number of ketones is 1. The first-order valence-electron chi connectivity index (χ1n) is 6.77. The Bertz CT molecular complexity index is 491. The first-order valence-corrected chi connectivity index (χ1v) is 7.31. The molecule has 1 atom stereocenters. The summed E-state index contributed by atoms with van der Waals surface area (Å²) in [6.07, 6.45) is 1.96. The van der Waals surface area contributed by atoms with Gasteiger partial charge in [0.25, 0.3) is 0 Å². The van der Waals surface area contributed by atoms with Gasteiger partial charge in [-0.1, -0.05) is 0 Å². The van der Waals surface area contributed by atoms with E-state index in [0.29, 0.717) is 6.04 Å². The molecule has 0 aliphatic carbocycles. The molecular formula is C15H22ClNO2. The van der Waals surface area contributed by atoms with Crippen molar-refractivity contribution in [1.82, 2.24) is 4.57 Å². The molecule has 2 rings (SSSR count). The van der Waals surface area contributed by atoms with E-state index in [2.05, 4.69) is 25.3 Å². The van der Waals surface area contributed by atoms with Crippen molar-refractivity contribution in [3.05, 3.63) is 23.0 Å². The van der Waals surface area contributed by atoms with Gasteiger partial charge in [0.15, 0.2) is 5.78 Å². The van der Waals surface area contributed by atoms with Crippen LogP contribution < -0.4 is 0 Å². The number of Topliss-reactive ketones (excluding diaryl/α,β-unsaturated/α-hetero) is 1. The number of nitrogens with zero attached hydrogens (tertiary/aromatic N) is 1. The number of aryl methyl sites for hydroxylation is 1. The summed E-state index contributed by atoms with van der Waals surface area (Å²) in [5.74, 6) is 0.0520. The van der Waals surface area contributed by atoms with E-state index in [4.69, 9.17) is 16.3 Å². The van der Waals surface area contributed by atoms with Crippen LogP contribution in [0.15, 0.2) is 6.07 Å². The third-order valence-corrected chi connectivity index (χ3v) is 4.19. The van der Waals surface area contributed by atoms with Crippen LogP contribution in [0.3, 0.4) is 0 Å². The zero-order valence-electron chi connectivity index (χ0n) is 12.1. The monoisotopic (exact) mass is 283 g/mol. The van der Waals surface area contributed by atoms with E-state index in [1.165, 1.54) is 0 Å². The van der Waals surface area contributed by atoms with Crippen LogP contribution in [-0.2, 0) is 4.74 Å². The standard InChI is InChI=1S/C15H22ClNO2/c1-10-7-13(14(18)9-16)11(2)17(10)12-5-6-19-15(3,4)8-12/h7,12H,5-6,8-9H2,1-4H3. The molecule has 3 nitrogen and oxygen atoms in total. The van der Waals surface area contributed by atoms with Crippen LogP contribution in [0.4, 0.5) is 0 Å². The summed E-state index contributed by atoms with van der Waals surface area (Å²) in [7, 11) is 0. The predicted molar refractivity (Wildman–Crippen MR) is 77.3 cm³/mol. The maximum Gasteiger partial charge on any atom is 0.179 e. The lowest BCUT2D eigenvalue weighted by atomic mass is 9.93. The molecule has 0 amide bonds. The normalized spacial score (nSPS) is 22.5. The summed E-state index contributed by atoms with van der Waals surface area (Å²) < 4.78 is 8.05. The van der Waals surface area contributed by atoms with Gasteiger partial charge in [0, 0.05) is 29.6 Å². The van der Waals surface area contributed by atoms with Crippen molar-refractivity contribution in [1.29, 1.82) is 0 Å².